The van der Waals surface area contributed by atoms with Gasteiger partial charge in [0.1, 0.15) is 22.2 Å². The Morgan fingerprint density at radius 2 is 1.74 bits per heavy atom. The molecule has 2 saturated heterocycles. The third-order valence-electron chi connectivity index (χ3n) is 6.72. The minimum atomic E-state index is -3.55. The SMILES string of the molecule is COc1ccc2ccc(O)c(CN3CCN(c4ccc(S(=O)(=O)N5CCOCC5)cn4)CC3)c2c1. The van der Waals surface area contributed by atoms with Crippen LogP contribution in [0.1, 0.15) is 5.56 Å². The number of ether oxygens (including phenoxy) is 2. The molecule has 0 radical (unpaired) electrons. The highest BCUT2D eigenvalue weighted by Gasteiger charge is 2.27. The lowest BCUT2D eigenvalue weighted by molar-refractivity contribution is 0.0730. The van der Waals surface area contributed by atoms with Crippen molar-refractivity contribution >= 4 is 26.6 Å². The summed E-state index contributed by atoms with van der Waals surface area (Å²) >= 11 is 0. The van der Waals surface area contributed by atoms with Gasteiger partial charge in [0.05, 0.1) is 20.3 Å². The smallest absolute Gasteiger partial charge is 0.244 e. The van der Waals surface area contributed by atoms with Crippen LogP contribution in [-0.2, 0) is 21.3 Å². The number of piperazine rings is 1. The Morgan fingerprint density at radius 1 is 1.00 bits per heavy atom. The molecule has 2 aromatic carbocycles. The number of morpholine rings is 1. The zero-order valence-corrected chi connectivity index (χ0v) is 20.6. The van der Waals surface area contributed by atoms with Crippen molar-refractivity contribution in [3.63, 3.8) is 0 Å². The average molecular weight is 499 g/mol. The van der Waals surface area contributed by atoms with E-state index in [1.54, 1.807) is 25.3 Å². The molecule has 35 heavy (non-hydrogen) atoms. The third-order valence-corrected chi connectivity index (χ3v) is 8.60. The second-order valence-corrected chi connectivity index (χ2v) is 10.7. The molecule has 10 heteroatoms. The molecule has 0 saturated carbocycles. The number of rotatable bonds is 6. The van der Waals surface area contributed by atoms with Crippen molar-refractivity contribution in [1.29, 1.82) is 0 Å². The van der Waals surface area contributed by atoms with E-state index >= 15 is 0 Å². The number of phenols is 1. The van der Waals surface area contributed by atoms with E-state index in [-0.39, 0.29) is 10.6 Å². The van der Waals surface area contributed by atoms with Crippen LogP contribution in [0.15, 0.2) is 53.6 Å². The van der Waals surface area contributed by atoms with Gasteiger partial charge >= 0.3 is 0 Å². The number of phenolic OH excluding ortho intramolecular Hbond substituents is 1. The second kappa shape index (κ2) is 9.98. The summed E-state index contributed by atoms with van der Waals surface area (Å²) in [5.74, 6) is 1.81. The van der Waals surface area contributed by atoms with Gasteiger partial charge in [0, 0.05) is 57.6 Å². The molecule has 1 N–H and O–H groups in total. The van der Waals surface area contributed by atoms with Crippen LogP contribution in [0.2, 0.25) is 0 Å². The van der Waals surface area contributed by atoms with Crippen LogP contribution in [0.5, 0.6) is 11.5 Å². The molecule has 3 aromatic rings. The van der Waals surface area contributed by atoms with Crippen LogP contribution in [0.4, 0.5) is 5.82 Å². The highest BCUT2D eigenvalue weighted by atomic mass is 32.2. The first-order chi connectivity index (χ1) is 17.0. The Morgan fingerprint density at radius 3 is 2.43 bits per heavy atom. The van der Waals surface area contributed by atoms with E-state index in [2.05, 4.69) is 14.8 Å². The maximum Gasteiger partial charge on any atom is 0.244 e. The molecule has 186 valence electrons. The van der Waals surface area contributed by atoms with Gasteiger partial charge in [-0.1, -0.05) is 12.1 Å². The number of aromatic nitrogens is 1. The van der Waals surface area contributed by atoms with Crippen LogP contribution in [0, 0.1) is 0 Å². The number of hydrogen-bond donors (Lipinski definition) is 1. The molecule has 0 atom stereocenters. The lowest BCUT2D eigenvalue weighted by atomic mass is 10.0. The van der Waals surface area contributed by atoms with Crippen molar-refractivity contribution < 1.29 is 23.0 Å². The number of nitrogens with zero attached hydrogens (tertiary/aromatic N) is 4. The summed E-state index contributed by atoms with van der Waals surface area (Å²) in [7, 11) is -1.91. The van der Waals surface area contributed by atoms with Gasteiger partial charge in [-0.15, -0.1) is 0 Å². The maximum absolute atomic E-state index is 12.8. The normalized spacial score (nSPS) is 18.1. The summed E-state index contributed by atoms with van der Waals surface area (Å²) in [6, 6.07) is 13.0. The fraction of sp³-hybridized carbons (Fsp3) is 0.400. The summed E-state index contributed by atoms with van der Waals surface area (Å²) in [5.41, 5.74) is 0.894. The Bertz CT molecular complexity index is 1290. The Balaban J connectivity index is 1.24. The molecule has 0 unspecified atom stereocenters. The molecule has 0 aliphatic carbocycles. The first-order valence-corrected chi connectivity index (χ1v) is 13.2. The molecule has 1 aromatic heterocycles. The Kier molecular flexibility index (Phi) is 6.79. The predicted molar refractivity (Wildman–Crippen MR) is 133 cm³/mol. The van der Waals surface area contributed by atoms with Gasteiger partial charge in [0.25, 0.3) is 0 Å². The minimum absolute atomic E-state index is 0.212. The molecule has 5 rings (SSSR count). The van der Waals surface area contributed by atoms with E-state index in [4.69, 9.17) is 9.47 Å². The van der Waals surface area contributed by atoms with E-state index in [0.717, 1.165) is 54.1 Å². The third kappa shape index (κ3) is 4.92. The molecular weight excluding hydrogens is 468 g/mol. The standard InChI is InChI=1S/C25H30N4O5S/c1-33-20-4-2-19-3-6-24(30)23(22(19)16-20)18-27-8-10-28(11-9-27)25-7-5-21(17-26-25)35(31,32)29-12-14-34-15-13-29/h2-7,16-17,30H,8-15,18H2,1H3. The van der Waals surface area contributed by atoms with Crippen LogP contribution in [-0.4, -0.2) is 87.3 Å². The van der Waals surface area contributed by atoms with Crippen molar-refractivity contribution in [3.8, 4) is 11.5 Å². The van der Waals surface area contributed by atoms with Gasteiger partial charge in [0.15, 0.2) is 0 Å². The Labute approximate surface area is 205 Å². The topological polar surface area (TPSA) is 95.4 Å². The van der Waals surface area contributed by atoms with E-state index < -0.39 is 10.0 Å². The minimum Gasteiger partial charge on any atom is -0.508 e. The zero-order chi connectivity index (χ0) is 24.4. The van der Waals surface area contributed by atoms with Crippen molar-refractivity contribution in [2.45, 2.75) is 11.4 Å². The van der Waals surface area contributed by atoms with Crippen molar-refractivity contribution in [2.75, 3.05) is 64.5 Å². The zero-order valence-electron chi connectivity index (χ0n) is 19.8. The van der Waals surface area contributed by atoms with Crippen LogP contribution < -0.4 is 9.64 Å². The fourth-order valence-electron chi connectivity index (χ4n) is 4.65. The highest BCUT2D eigenvalue weighted by molar-refractivity contribution is 7.89. The van der Waals surface area contributed by atoms with Crippen LogP contribution in [0.3, 0.4) is 0 Å². The van der Waals surface area contributed by atoms with Gasteiger partial charge in [-0.25, -0.2) is 13.4 Å². The van der Waals surface area contributed by atoms with Gasteiger partial charge in [0.2, 0.25) is 10.0 Å². The van der Waals surface area contributed by atoms with Crippen LogP contribution >= 0.6 is 0 Å². The number of anilines is 1. The largest absolute Gasteiger partial charge is 0.508 e. The van der Waals surface area contributed by atoms with E-state index in [1.807, 2.05) is 24.3 Å². The highest BCUT2D eigenvalue weighted by Crippen LogP contribution is 2.31. The number of hydrogen-bond acceptors (Lipinski definition) is 8. The molecule has 2 aliphatic heterocycles. The van der Waals surface area contributed by atoms with Crippen molar-refractivity contribution in [2.24, 2.45) is 0 Å². The summed E-state index contributed by atoms with van der Waals surface area (Å²) < 4.78 is 37.8. The molecule has 0 spiro atoms. The molecule has 2 aliphatic rings. The summed E-state index contributed by atoms with van der Waals surface area (Å²) in [6.07, 6.45) is 1.45. The number of fused-ring (bicyclic) bond motifs is 1. The summed E-state index contributed by atoms with van der Waals surface area (Å²) in [5, 5.41) is 12.6. The Hall–Kier alpha value is -2.92. The lowest BCUT2D eigenvalue weighted by Crippen LogP contribution is -2.46. The fourth-order valence-corrected chi connectivity index (χ4v) is 6.00. The summed E-state index contributed by atoms with van der Waals surface area (Å²) in [6.45, 7) is 5.32. The van der Waals surface area contributed by atoms with Gasteiger partial charge in [-0.2, -0.15) is 4.31 Å². The molecule has 3 heterocycles. The number of pyridine rings is 1. The van der Waals surface area contributed by atoms with Crippen molar-refractivity contribution in [1.82, 2.24) is 14.2 Å². The maximum atomic E-state index is 12.8. The van der Waals surface area contributed by atoms with E-state index in [1.165, 1.54) is 10.5 Å². The predicted octanol–water partition coefficient (Wildman–Crippen LogP) is 2.29. The summed E-state index contributed by atoms with van der Waals surface area (Å²) in [4.78, 5) is 9.14. The van der Waals surface area contributed by atoms with Gasteiger partial charge in [-0.05, 0) is 41.1 Å². The van der Waals surface area contributed by atoms with Gasteiger partial charge < -0.3 is 19.5 Å². The molecule has 0 amide bonds. The monoisotopic (exact) mass is 498 g/mol. The number of sulfonamides is 1. The first-order valence-electron chi connectivity index (χ1n) is 11.8. The second-order valence-electron chi connectivity index (χ2n) is 8.78. The number of benzene rings is 2. The molecule has 0 bridgehead atoms. The molecule has 9 nitrogen and oxygen atoms in total. The van der Waals surface area contributed by atoms with E-state index in [9.17, 15) is 13.5 Å². The quantitative estimate of drug-likeness (QED) is 0.553. The number of aromatic hydroxyl groups is 1. The first kappa shape index (κ1) is 23.8. The number of methoxy groups -OCH3 is 1. The van der Waals surface area contributed by atoms with Gasteiger partial charge in [-0.3, -0.25) is 4.90 Å². The van der Waals surface area contributed by atoms with Crippen molar-refractivity contribution in [3.05, 3.63) is 54.2 Å². The average Bonchev–Trinajstić information content (AvgIpc) is 2.91. The molecule has 2 fully saturated rings. The molecular formula is C25H30N4O5S. The van der Waals surface area contributed by atoms with Crippen LogP contribution in [0.25, 0.3) is 10.8 Å². The lowest BCUT2D eigenvalue weighted by Gasteiger charge is -2.35. The van der Waals surface area contributed by atoms with E-state index in [0.29, 0.717) is 32.8 Å².